The molecule has 3 aromatic carbocycles. The zero-order chi connectivity index (χ0) is 32.1. The Morgan fingerprint density at radius 3 is 1.12 bits per heavy atom. The molecule has 6 nitrogen and oxygen atoms in total. The van der Waals surface area contributed by atoms with Crippen LogP contribution >= 0.6 is 0 Å². The van der Waals surface area contributed by atoms with Crippen molar-refractivity contribution < 1.29 is 0 Å². The fourth-order valence-corrected chi connectivity index (χ4v) is 5.65. The van der Waals surface area contributed by atoms with Gasteiger partial charge in [-0.25, -0.2) is 19.9 Å². The van der Waals surface area contributed by atoms with E-state index in [9.17, 15) is 0 Å². The number of nitrogens with zero attached hydrogens (tertiary/aromatic N) is 6. The zero-order valence-corrected chi connectivity index (χ0v) is 25.8. The van der Waals surface area contributed by atoms with Crippen molar-refractivity contribution in [2.75, 3.05) is 0 Å². The van der Waals surface area contributed by atoms with Crippen molar-refractivity contribution in [2.24, 2.45) is 0 Å². The second kappa shape index (κ2) is 13.0. The first-order valence-corrected chi connectivity index (χ1v) is 15.7. The van der Waals surface area contributed by atoms with Gasteiger partial charge in [0.05, 0.1) is 45.6 Å². The fraction of sp³-hybridized carbons (Fsp3) is 0. The monoisotopic (exact) mass is 616 g/mol. The third-order valence-corrected chi connectivity index (χ3v) is 8.00. The molecule has 0 aliphatic rings. The van der Waals surface area contributed by atoms with Gasteiger partial charge in [0.1, 0.15) is 0 Å². The highest BCUT2D eigenvalue weighted by molar-refractivity contribution is 5.79. The summed E-state index contributed by atoms with van der Waals surface area (Å²) in [5.41, 5.74) is 11.1. The van der Waals surface area contributed by atoms with Crippen LogP contribution in [-0.2, 0) is 0 Å². The smallest absolute Gasteiger partial charge is 0.160 e. The summed E-state index contributed by atoms with van der Waals surface area (Å²) >= 11 is 0. The lowest BCUT2D eigenvalue weighted by Crippen LogP contribution is -1.99. The molecular formula is C42H28N6. The number of benzene rings is 3. The van der Waals surface area contributed by atoms with Gasteiger partial charge in [-0.05, 0) is 72.8 Å². The molecule has 0 saturated carbocycles. The molecule has 0 fully saturated rings. The second-order valence-electron chi connectivity index (χ2n) is 11.2. The van der Waals surface area contributed by atoms with E-state index in [1.807, 2.05) is 115 Å². The van der Waals surface area contributed by atoms with Crippen LogP contribution in [0.5, 0.6) is 0 Å². The van der Waals surface area contributed by atoms with E-state index in [1.165, 1.54) is 0 Å². The van der Waals surface area contributed by atoms with E-state index in [1.54, 1.807) is 12.4 Å². The summed E-state index contributed by atoms with van der Waals surface area (Å²) in [7, 11) is 0. The first-order valence-electron chi connectivity index (χ1n) is 15.7. The maximum Gasteiger partial charge on any atom is 0.160 e. The lowest BCUT2D eigenvalue weighted by atomic mass is 10.00. The van der Waals surface area contributed by atoms with Gasteiger partial charge >= 0.3 is 0 Å². The third kappa shape index (κ3) is 6.10. The average molecular weight is 617 g/mol. The summed E-state index contributed by atoms with van der Waals surface area (Å²) < 4.78 is 0. The Balaban J connectivity index is 1.33. The van der Waals surface area contributed by atoms with Gasteiger partial charge in [-0.2, -0.15) is 0 Å². The summed E-state index contributed by atoms with van der Waals surface area (Å²) in [5, 5.41) is 0. The Morgan fingerprint density at radius 2 is 0.667 bits per heavy atom. The van der Waals surface area contributed by atoms with E-state index >= 15 is 0 Å². The van der Waals surface area contributed by atoms with Crippen LogP contribution in [-0.4, -0.2) is 29.9 Å². The van der Waals surface area contributed by atoms with Crippen molar-refractivity contribution in [3.8, 4) is 79.2 Å². The van der Waals surface area contributed by atoms with Gasteiger partial charge in [0.2, 0.25) is 0 Å². The van der Waals surface area contributed by atoms with Gasteiger partial charge in [-0.3, -0.25) is 9.97 Å². The molecule has 0 aliphatic heterocycles. The van der Waals surface area contributed by atoms with Gasteiger partial charge in [-0.15, -0.1) is 0 Å². The molecule has 0 amide bonds. The lowest BCUT2D eigenvalue weighted by Gasteiger charge is -2.13. The summed E-state index contributed by atoms with van der Waals surface area (Å²) in [6.07, 6.45) is 3.60. The summed E-state index contributed by atoms with van der Waals surface area (Å²) in [4.78, 5) is 29.7. The first-order chi connectivity index (χ1) is 23.8. The molecule has 0 radical (unpaired) electrons. The molecule has 0 saturated heterocycles. The lowest BCUT2D eigenvalue weighted by molar-refractivity contribution is 1.15. The maximum atomic E-state index is 5.14. The predicted octanol–water partition coefficient (Wildman–Crippen LogP) is 9.73. The van der Waals surface area contributed by atoms with Crippen molar-refractivity contribution in [3.05, 3.63) is 170 Å². The molecule has 5 aromatic heterocycles. The van der Waals surface area contributed by atoms with E-state index in [4.69, 9.17) is 19.9 Å². The van der Waals surface area contributed by atoms with E-state index in [2.05, 4.69) is 52.4 Å². The van der Waals surface area contributed by atoms with Crippen molar-refractivity contribution in [1.29, 1.82) is 0 Å². The topological polar surface area (TPSA) is 77.3 Å². The summed E-state index contributed by atoms with van der Waals surface area (Å²) in [5.74, 6) is 0.552. The van der Waals surface area contributed by atoms with Crippen molar-refractivity contribution in [2.45, 2.75) is 0 Å². The van der Waals surface area contributed by atoms with Gasteiger partial charge in [0, 0.05) is 40.2 Å². The van der Waals surface area contributed by atoms with Crippen molar-refractivity contribution in [3.63, 3.8) is 0 Å². The highest BCUT2D eigenvalue weighted by atomic mass is 14.9. The summed E-state index contributed by atoms with van der Waals surface area (Å²) in [6.45, 7) is 0. The summed E-state index contributed by atoms with van der Waals surface area (Å²) in [6, 6.07) is 52.4. The second-order valence-corrected chi connectivity index (χ2v) is 11.2. The molecule has 8 rings (SSSR count). The number of pyridine rings is 4. The first kappa shape index (κ1) is 28.8. The van der Waals surface area contributed by atoms with E-state index in [0.717, 1.165) is 62.0 Å². The highest BCUT2D eigenvalue weighted by Gasteiger charge is 2.16. The third-order valence-electron chi connectivity index (χ3n) is 8.00. The Bertz CT molecular complexity index is 2170. The van der Waals surface area contributed by atoms with E-state index < -0.39 is 0 Å². The number of hydrogen-bond acceptors (Lipinski definition) is 6. The van der Waals surface area contributed by atoms with Gasteiger partial charge in [-0.1, -0.05) is 84.9 Å². The molecule has 0 unspecified atom stereocenters. The SMILES string of the molecule is c1ccc(-c2cccc(-c3cc(-c4cccc(-c5ccccc5)n4)nc(-c4cc(-c5ccccn5)cc(-c5ccccn5)c4)n3)n2)cc1. The Labute approximate surface area is 278 Å². The van der Waals surface area contributed by atoms with E-state index in [0.29, 0.717) is 17.2 Å². The minimum absolute atomic E-state index is 0.552. The van der Waals surface area contributed by atoms with Crippen LogP contribution in [0.2, 0.25) is 0 Å². The molecular weight excluding hydrogens is 589 g/mol. The minimum Gasteiger partial charge on any atom is -0.256 e. The number of hydrogen-bond donors (Lipinski definition) is 0. The largest absolute Gasteiger partial charge is 0.256 e. The molecule has 0 bridgehead atoms. The Hall–Kier alpha value is -6.66. The predicted molar refractivity (Wildman–Crippen MR) is 191 cm³/mol. The van der Waals surface area contributed by atoms with Crippen molar-refractivity contribution in [1.82, 2.24) is 29.9 Å². The minimum atomic E-state index is 0.552. The fourth-order valence-electron chi connectivity index (χ4n) is 5.65. The molecule has 48 heavy (non-hydrogen) atoms. The van der Waals surface area contributed by atoms with Crippen molar-refractivity contribution >= 4 is 0 Å². The normalized spacial score (nSPS) is 10.9. The van der Waals surface area contributed by atoms with E-state index in [-0.39, 0.29) is 0 Å². The van der Waals surface area contributed by atoms with Crippen LogP contribution in [0.25, 0.3) is 79.2 Å². The van der Waals surface area contributed by atoms with Crippen LogP contribution in [0.4, 0.5) is 0 Å². The van der Waals surface area contributed by atoms with Crippen LogP contribution in [0, 0.1) is 0 Å². The van der Waals surface area contributed by atoms with Crippen LogP contribution in [0.1, 0.15) is 0 Å². The number of aromatic nitrogens is 6. The Kier molecular flexibility index (Phi) is 7.79. The molecule has 226 valence electrons. The standard InChI is InChI=1S/C42H28N6/c1-3-13-29(14-4-1)36-19-11-21-38(45-36)40-28-41(39-22-12-20-37(46-39)30-15-5-2-6-16-30)48-42(47-40)33-26-31(34-17-7-9-23-43-34)25-32(27-33)35-18-8-10-24-44-35/h1-28H. The zero-order valence-electron chi connectivity index (χ0n) is 25.8. The molecule has 6 heteroatoms. The molecule has 0 N–H and O–H groups in total. The number of rotatable bonds is 7. The van der Waals surface area contributed by atoms with Gasteiger partial charge in [0.25, 0.3) is 0 Å². The molecule has 8 aromatic rings. The molecule has 0 atom stereocenters. The average Bonchev–Trinajstić information content (AvgIpc) is 3.19. The molecule has 0 aliphatic carbocycles. The van der Waals surface area contributed by atoms with Crippen LogP contribution in [0.3, 0.4) is 0 Å². The highest BCUT2D eigenvalue weighted by Crippen LogP contribution is 2.33. The van der Waals surface area contributed by atoms with Crippen LogP contribution < -0.4 is 0 Å². The quantitative estimate of drug-likeness (QED) is 0.177. The molecule has 5 heterocycles. The maximum absolute atomic E-state index is 5.14. The van der Waals surface area contributed by atoms with Gasteiger partial charge < -0.3 is 0 Å². The molecule has 0 spiro atoms. The Morgan fingerprint density at radius 1 is 0.250 bits per heavy atom. The van der Waals surface area contributed by atoms with Crippen LogP contribution in [0.15, 0.2) is 170 Å². The van der Waals surface area contributed by atoms with Gasteiger partial charge in [0.15, 0.2) is 5.82 Å².